The van der Waals surface area contributed by atoms with E-state index in [2.05, 4.69) is 21.0 Å². The first-order chi connectivity index (χ1) is 9.28. The van der Waals surface area contributed by atoms with Crippen LogP contribution in [0.3, 0.4) is 0 Å². The Kier molecular flexibility index (Phi) is 3.50. The highest BCUT2D eigenvalue weighted by Crippen LogP contribution is 2.27. The van der Waals surface area contributed by atoms with Crippen LogP contribution in [-0.2, 0) is 6.61 Å². The molecule has 0 saturated carbocycles. The smallest absolute Gasteiger partial charge is 0.108 e. The summed E-state index contributed by atoms with van der Waals surface area (Å²) in [6.07, 6.45) is 1.87. The summed E-state index contributed by atoms with van der Waals surface area (Å²) < 4.78 is 2.83. The van der Waals surface area contributed by atoms with Gasteiger partial charge < -0.3 is 5.11 Å². The highest BCUT2D eigenvalue weighted by Gasteiger charge is 2.12. The molecular weight excluding hydrogens is 324 g/mol. The predicted octanol–water partition coefficient (Wildman–Crippen LogP) is 3.86. The summed E-state index contributed by atoms with van der Waals surface area (Å²) in [6, 6.07) is 11.9. The number of aromatic nitrogens is 2. The largest absolute Gasteiger partial charge is 0.392 e. The van der Waals surface area contributed by atoms with Crippen LogP contribution in [0.15, 0.2) is 52.4 Å². The molecule has 0 aliphatic heterocycles. The van der Waals surface area contributed by atoms with E-state index in [9.17, 15) is 5.11 Å². The molecule has 3 nitrogen and oxygen atoms in total. The molecule has 2 heterocycles. The number of aliphatic hydroxyl groups excluding tert-OH is 1. The van der Waals surface area contributed by atoms with E-state index in [-0.39, 0.29) is 6.61 Å². The molecule has 0 radical (unpaired) electrons. The number of benzene rings is 1. The third-order valence-corrected chi connectivity index (χ3v) is 4.21. The van der Waals surface area contributed by atoms with Gasteiger partial charge in [-0.1, -0.05) is 22.0 Å². The molecule has 1 N–H and O–H groups in total. The predicted molar refractivity (Wildman–Crippen MR) is 80.5 cm³/mol. The lowest BCUT2D eigenvalue weighted by molar-refractivity contribution is 0.282. The average Bonchev–Trinajstić information content (AvgIpc) is 3.08. The van der Waals surface area contributed by atoms with Gasteiger partial charge in [-0.15, -0.1) is 11.3 Å². The zero-order valence-corrected chi connectivity index (χ0v) is 12.4. The van der Waals surface area contributed by atoms with E-state index in [0.717, 1.165) is 26.3 Å². The van der Waals surface area contributed by atoms with E-state index in [1.54, 1.807) is 16.0 Å². The number of halogens is 1. The summed E-state index contributed by atoms with van der Waals surface area (Å²) in [6.45, 7) is -0.0102. The lowest BCUT2D eigenvalue weighted by Crippen LogP contribution is -1.93. The molecule has 0 spiro atoms. The van der Waals surface area contributed by atoms with Crippen molar-refractivity contribution in [1.82, 2.24) is 9.78 Å². The summed E-state index contributed by atoms with van der Waals surface area (Å²) in [5.41, 5.74) is 2.66. The Bertz CT molecular complexity index is 674. The van der Waals surface area contributed by atoms with E-state index in [4.69, 9.17) is 0 Å². The Hall–Kier alpha value is -1.43. The summed E-state index contributed by atoms with van der Waals surface area (Å²) in [5, 5.41) is 16.0. The van der Waals surface area contributed by atoms with Crippen molar-refractivity contribution in [1.29, 1.82) is 0 Å². The minimum absolute atomic E-state index is 0.0102. The van der Waals surface area contributed by atoms with Crippen LogP contribution < -0.4 is 0 Å². The Morgan fingerprint density at radius 1 is 1.21 bits per heavy atom. The van der Waals surface area contributed by atoms with Crippen molar-refractivity contribution in [3.8, 4) is 16.3 Å². The van der Waals surface area contributed by atoms with E-state index in [1.165, 1.54) is 0 Å². The molecule has 0 unspecified atom stereocenters. The number of rotatable bonds is 3. The third-order valence-electron chi connectivity index (χ3n) is 2.81. The van der Waals surface area contributed by atoms with Crippen LogP contribution in [0.25, 0.3) is 16.3 Å². The number of hydrogen-bond acceptors (Lipinski definition) is 3. The van der Waals surface area contributed by atoms with Crippen molar-refractivity contribution in [3.05, 3.63) is 58.0 Å². The minimum Gasteiger partial charge on any atom is -0.392 e. The van der Waals surface area contributed by atoms with Crippen LogP contribution in [-0.4, -0.2) is 14.9 Å². The quantitative estimate of drug-likeness (QED) is 0.789. The maximum atomic E-state index is 9.47. The molecule has 5 heteroatoms. The number of nitrogens with zero attached hydrogens (tertiary/aromatic N) is 2. The molecule has 3 aromatic rings. The third kappa shape index (κ3) is 2.49. The van der Waals surface area contributed by atoms with Gasteiger partial charge in [0.15, 0.2) is 0 Å². The van der Waals surface area contributed by atoms with E-state index >= 15 is 0 Å². The Labute approximate surface area is 123 Å². The second kappa shape index (κ2) is 5.28. The van der Waals surface area contributed by atoms with Crippen LogP contribution in [0.1, 0.15) is 5.56 Å². The summed E-state index contributed by atoms with van der Waals surface area (Å²) in [7, 11) is 0. The number of aliphatic hydroxyl groups is 1. The molecule has 2 aromatic heterocycles. The van der Waals surface area contributed by atoms with Gasteiger partial charge in [0.25, 0.3) is 0 Å². The van der Waals surface area contributed by atoms with Crippen molar-refractivity contribution in [2.75, 3.05) is 0 Å². The lowest BCUT2D eigenvalue weighted by atomic mass is 10.2. The lowest BCUT2D eigenvalue weighted by Gasteiger charge is -2.00. The highest BCUT2D eigenvalue weighted by molar-refractivity contribution is 9.10. The van der Waals surface area contributed by atoms with Crippen molar-refractivity contribution in [2.45, 2.75) is 6.61 Å². The van der Waals surface area contributed by atoms with Gasteiger partial charge in [-0.2, -0.15) is 5.10 Å². The fraction of sp³-hybridized carbons (Fsp3) is 0.0714. The van der Waals surface area contributed by atoms with Crippen LogP contribution in [0.5, 0.6) is 0 Å². The molecule has 96 valence electrons. The van der Waals surface area contributed by atoms with E-state index in [1.807, 2.05) is 48.0 Å². The Morgan fingerprint density at radius 3 is 2.63 bits per heavy atom. The fourth-order valence-electron chi connectivity index (χ4n) is 1.87. The van der Waals surface area contributed by atoms with Crippen molar-refractivity contribution in [3.63, 3.8) is 0 Å². The standard InChI is InChI=1S/C14H11BrN2OS/c15-11-3-5-12(6-4-11)17-8-10(9-18)14(16-17)13-2-1-7-19-13/h1-8,18H,9H2. The second-order valence-corrected chi connectivity index (χ2v) is 5.92. The maximum Gasteiger partial charge on any atom is 0.108 e. The summed E-state index contributed by atoms with van der Waals surface area (Å²) >= 11 is 5.04. The molecule has 3 rings (SSSR count). The van der Waals surface area contributed by atoms with Crippen LogP contribution in [0.2, 0.25) is 0 Å². The number of hydrogen-bond donors (Lipinski definition) is 1. The molecule has 0 amide bonds. The summed E-state index contributed by atoms with van der Waals surface area (Å²) in [5.74, 6) is 0. The first kappa shape index (κ1) is 12.6. The normalized spacial score (nSPS) is 10.8. The van der Waals surface area contributed by atoms with Gasteiger partial charge in [0.1, 0.15) is 5.69 Å². The molecule has 1 aromatic carbocycles. The first-order valence-electron chi connectivity index (χ1n) is 5.77. The van der Waals surface area contributed by atoms with Crippen molar-refractivity contribution < 1.29 is 5.11 Å². The Balaban J connectivity index is 2.07. The second-order valence-electron chi connectivity index (χ2n) is 4.06. The van der Waals surface area contributed by atoms with Crippen LogP contribution >= 0.6 is 27.3 Å². The van der Waals surface area contributed by atoms with Crippen molar-refractivity contribution >= 4 is 27.3 Å². The maximum absolute atomic E-state index is 9.47. The van der Waals surface area contributed by atoms with Gasteiger partial charge in [-0.05, 0) is 35.7 Å². The molecule has 0 bridgehead atoms. The zero-order chi connectivity index (χ0) is 13.2. The van der Waals surface area contributed by atoms with Gasteiger partial charge in [-0.3, -0.25) is 0 Å². The van der Waals surface area contributed by atoms with Crippen LogP contribution in [0, 0.1) is 0 Å². The number of thiophene rings is 1. The van der Waals surface area contributed by atoms with E-state index in [0.29, 0.717) is 0 Å². The molecule has 0 aliphatic rings. The van der Waals surface area contributed by atoms with Crippen molar-refractivity contribution in [2.24, 2.45) is 0 Å². The fourth-order valence-corrected chi connectivity index (χ4v) is 2.88. The van der Waals surface area contributed by atoms with Gasteiger partial charge in [0.05, 0.1) is 17.2 Å². The zero-order valence-electron chi connectivity index (χ0n) is 9.95. The molecule has 0 saturated heterocycles. The van der Waals surface area contributed by atoms with Gasteiger partial charge in [0.2, 0.25) is 0 Å². The average molecular weight is 335 g/mol. The Morgan fingerprint density at radius 2 is 2.00 bits per heavy atom. The van der Waals surface area contributed by atoms with Crippen LogP contribution in [0.4, 0.5) is 0 Å². The molecule has 19 heavy (non-hydrogen) atoms. The molecule has 0 atom stereocenters. The summed E-state index contributed by atoms with van der Waals surface area (Å²) in [4.78, 5) is 1.07. The van der Waals surface area contributed by atoms with Gasteiger partial charge in [-0.25, -0.2) is 4.68 Å². The first-order valence-corrected chi connectivity index (χ1v) is 7.44. The molecule has 0 fully saturated rings. The highest BCUT2D eigenvalue weighted by atomic mass is 79.9. The van der Waals surface area contributed by atoms with Gasteiger partial charge in [0, 0.05) is 16.2 Å². The topological polar surface area (TPSA) is 38.0 Å². The minimum atomic E-state index is -0.0102. The van der Waals surface area contributed by atoms with Gasteiger partial charge >= 0.3 is 0 Å². The van der Waals surface area contributed by atoms with E-state index < -0.39 is 0 Å². The molecular formula is C14H11BrN2OS. The SMILES string of the molecule is OCc1cn(-c2ccc(Br)cc2)nc1-c1cccs1. The monoisotopic (exact) mass is 334 g/mol. The molecule has 0 aliphatic carbocycles.